The number of H-pyrrole nitrogens is 1. The zero-order chi connectivity index (χ0) is 17.6. The van der Waals surface area contributed by atoms with Crippen molar-refractivity contribution in [3.8, 4) is 0 Å². The molecule has 0 spiro atoms. The van der Waals surface area contributed by atoms with Crippen molar-refractivity contribution in [2.75, 3.05) is 6.54 Å². The summed E-state index contributed by atoms with van der Waals surface area (Å²) in [4.78, 5) is 27.6. The van der Waals surface area contributed by atoms with Crippen LogP contribution < -0.4 is 10.9 Å². The van der Waals surface area contributed by atoms with Crippen molar-refractivity contribution >= 4 is 29.0 Å². The molecule has 3 rings (SSSR count). The van der Waals surface area contributed by atoms with Gasteiger partial charge in [-0.05, 0) is 56.5 Å². The van der Waals surface area contributed by atoms with Gasteiger partial charge in [0.15, 0.2) is 4.77 Å². The second-order valence-corrected chi connectivity index (χ2v) is 6.78. The standard InChI is InChI=1S/C19H23N3O2S/c23-17(20-12-10-14-6-2-1-3-7-14)11-13-22-18(24)15-8-4-5-9-16(15)21-19(22)25/h4-6,8-9H,1-3,7,10-13H2,(H,20,23)(H,21,25). The molecule has 0 saturated heterocycles. The molecule has 0 radical (unpaired) electrons. The van der Waals surface area contributed by atoms with E-state index in [0.29, 0.717) is 16.7 Å². The van der Waals surface area contributed by atoms with E-state index < -0.39 is 0 Å². The summed E-state index contributed by atoms with van der Waals surface area (Å²) in [6, 6.07) is 7.26. The first-order valence-corrected chi connectivity index (χ1v) is 9.22. The first-order valence-electron chi connectivity index (χ1n) is 8.81. The van der Waals surface area contributed by atoms with Gasteiger partial charge in [-0.15, -0.1) is 0 Å². The third kappa shape index (κ3) is 4.45. The van der Waals surface area contributed by atoms with Gasteiger partial charge >= 0.3 is 0 Å². The topological polar surface area (TPSA) is 66.9 Å². The minimum absolute atomic E-state index is 0.0501. The number of aromatic amines is 1. The maximum absolute atomic E-state index is 12.5. The van der Waals surface area contributed by atoms with E-state index in [0.717, 1.165) is 24.8 Å². The van der Waals surface area contributed by atoms with Gasteiger partial charge in [-0.25, -0.2) is 0 Å². The molecule has 132 valence electrons. The van der Waals surface area contributed by atoms with Gasteiger partial charge in [0.05, 0.1) is 10.9 Å². The van der Waals surface area contributed by atoms with Crippen LogP contribution in [-0.2, 0) is 11.3 Å². The second-order valence-electron chi connectivity index (χ2n) is 6.39. The molecule has 2 aromatic rings. The zero-order valence-electron chi connectivity index (χ0n) is 14.2. The molecule has 1 aliphatic rings. The van der Waals surface area contributed by atoms with Gasteiger partial charge in [-0.3, -0.25) is 14.2 Å². The van der Waals surface area contributed by atoms with Crippen molar-refractivity contribution < 1.29 is 4.79 Å². The third-order valence-corrected chi connectivity index (χ3v) is 4.93. The van der Waals surface area contributed by atoms with Crippen molar-refractivity contribution in [1.29, 1.82) is 0 Å². The molecule has 1 amide bonds. The molecule has 2 N–H and O–H groups in total. The van der Waals surface area contributed by atoms with Crippen molar-refractivity contribution in [2.45, 2.75) is 45.1 Å². The SMILES string of the molecule is O=C(CCn1c(=S)[nH]c2ccccc2c1=O)NCCC1=CCCCC1. The lowest BCUT2D eigenvalue weighted by Crippen LogP contribution is -2.29. The lowest BCUT2D eigenvalue weighted by molar-refractivity contribution is -0.121. The predicted molar refractivity (Wildman–Crippen MR) is 102 cm³/mol. The summed E-state index contributed by atoms with van der Waals surface area (Å²) in [6.07, 6.45) is 8.30. The molecule has 0 fully saturated rings. The lowest BCUT2D eigenvalue weighted by atomic mass is 9.97. The van der Waals surface area contributed by atoms with Crippen molar-refractivity contribution in [2.24, 2.45) is 0 Å². The molecule has 1 aromatic carbocycles. The molecule has 0 bridgehead atoms. The fourth-order valence-corrected chi connectivity index (χ4v) is 3.48. The van der Waals surface area contributed by atoms with Crippen LogP contribution in [0, 0.1) is 4.77 Å². The summed E-state index contributed by atoms with van der Waals surface area (Å²) in [5.41, 5.74) is 2.01. The van der Waals surface area contributed by atoms with Gasteiger partial charge < -0.3 is 10.3 Å². The minimum atomic E-state index is -0.153. The molecule has 25 heavy (non-hydrogen) atoms. The number of nitrogens with zero attached hydrogens (tertiary/aromatic N) is 1. The van der Waals surface area contributed by atoms with Gasteiger partial charge in [-0.2, -0.15) is 0 Å². The van der Waals surface area contributed by atoms with E-state index in [9.17, 15) is 9.59 Å². The number of amides is 1. The van der Waals surface area contributed by atoms with E-state index in [2.05, 4.69) is 16.4 Å². The van der Waals surface area contributed by atoms with Gasteiger partial charge in [0.1, 0.15) is 0 Å². The molecule has 1 aliphatic carbocycles. The number of carbonyl (C=O) groups excluding carboxylic acids is 1. The van der Waals surface area contributed by atoms with Gasteiger partial charge in [0, 0.05) is 19.5 Å². The smallest absolute Gasteiger partial charge is 0.262 e. The van der Waals surface area contributed by atoms with Crippen molar-refractivity contribution in [3.63, 3.8) is 0 Å². The summed E-state index contributed by atoms with van der Waals surface area (Å²) >= 11 is 5.26. The number of benzene rings is 1. The number of hydrogen-bond donors (Lipinski definition) is 2. The van der Waals surface area contributed by atoms with Crippen LogP contribution in [0.1, 0.15) is 38.5 Å². The number of para-hydroxylation sites is 1. The Morgan fingerprint density at radius 1 is 1.28 bits per heavy atom. The highest BCUT2D eigenvalue weighted by Gasteiger charge is 2.08. The number of fused-ring (bicyclic) bond motifs is 1. The molecule has 5 nitrogen and oxygen atoms in total. The number of allylic oxidation sites excluding steroid dienone is 1. The van der Waals surface area contributed by atoms with Crippen LogP contribution in [0.3, 0.4) is 0 Å². The number of hydrogen-bond acceptors (Lipinski definition) is 3. The highest BCUT2D eigenvalue weighted by Crippen LogP contribution is 2.19. The van der Waals surface area contributed by atoms with Gasteiger partial charge in [-0.1, -0.05) is 23.8 Å². The summed E-state index contributed by atoms with van der Waals surface area (Å²) in [6.45, 7) is 0.942. The lowest BCUT2D eigenvalue weighted by Gasteiger charge is -2.13. The number of rotatable bonds is 6. The van der Waals surface area contributed by atoms with Crippen LogP contribution in [0.4, 0.5) is 0 Å². The Kier molecular flexibility index (Phi) is 5.81. The molecule has 6 heteroatoms. The molecular weight excluding hydrogens is 334 g/mol. The van der Waals surface area contributed by atoms with E-state index in [1.165, 1.54) is 23.0 Å². The molecular formula is C19H23N3O2S. The van der Waals surface area contributed by atoms with Crippen molar-refractivity contribution in [3.05, 3.63) is 51.0 Å². The van der Waals surface area contributed by atoms with E-state index in [-0.39, 0.29) is 24.4 Å². The summed E-state index contributed by atoms with van der Waals surface area (Å²) < 4.78 is 1.81. The van der Waals surface area contributed by atoms with E-state index in [1.54, 1.807) is 6.07 Å². The first kappa shape index (κ1) is 17.6. The predicted octanol–water partition coefficient (Wildman–Crippen LogP) is 3.46. The molecule has 0 saturated carbocycles. The zero-order valence-corrected chi connectivity index (χ0v) is 15.0. The number of carbonyl (C=O) groups is 1. The average molecular weight is 357 g/mol. The van der Waals surface area contributed by atoms with Crippen LogP contribution >= 0.6 is 12.2 Å². The van der Waals surface area contributed by atoms with Crippen LogP contribution in [0.15, 0.2) is 40.7 Å². The molecule has 0 aliphatic heterocycles. The van der Waals surface area contributed by atoms with Crippen LogP contribution in [0.2, 0.25) is 0 Å². The van der Waals surface area contributed by atoms with Gasteiger partial charge in [0.25, 0.3) is 5.56 Å². The first-order chi connectivity index (χ1) is 12.1. The molecule has 1 heterocycles. The average Bonchev–Trinajstić information content (AvgIpc) is 2.62. The highest BCUT2D eigenvalue weighted by atomic mass is 32.1. The molecule has 0 atom stereocenters. The Labute approximate surface area is 151 Å². The Bertz CT molecular complexity index is 911. The summed E-state index contributed by atoms with van der Waals surface area (Å²) in [7, 11) is 0. The Morgan fingerprint density at radius 3 is 2.92 bits per heavy atom. The van der Waals surface area contributed by atoms with Crippen LogP contribution in [0.25, 0.3) is 10.9 Å². The number of aromatic nitrogens is 2. The Morgan fingerprint density at radius 2 is 2.12 bits per heavy atom. The maximum Gasteiger partial charge on any atom is 0.262 e. The summed E-state index contributed by atoms with van der Waals surface area (Å²) in [5, 5.41) is 3.52. The molecule has 0 unspecified atom stereocenters. The van der Waals surface area contributed by atoms with E-state index in [1.807, 2.05) is 18.2 Å². The van der Waals surface area contributed by atoms with Crippen LogP contribution in [0.5, 0.6) is 0 Å². The third-order valence-electron chi connectivity index (χ3n) is 4.61. The Balaban J connectivity index is 1.57. The maximum atomic E-state index is 12.5. The fourth-order valence-electron chi connectivity index (χ4n) is 3.20. The minimum Gasteiger partial charge on any atom is -0.356 e. The molecule has 1 aromatic heterocycles. The summed E-state index contributed by atoms with van der Waals surface area (Å²) in [5.74, 6) is -0.0501. The highest BCUT2D eigenvalue weighted by molar-refractivity contribution is 7.71. The van der Waals surface area contributed by atoms with E-state index >= 15 is 0 Å². The fraction of sp³-hybridized carbons (Fsp3) is 0.421. The van der Waals surface area contributed by atoms with E-state index in [4.69, 9.17) is 12.2 Å². The second kappa shape index (κ2) is 8.25. The quantitative estimate of drug-likeness (QED) is 0.615. The number of nitrogens with one attached hydrogen (secondary N) is 2. The Hall–Kier alpha value is -2.21. The van der Waals surface area contributed by atoms with Gasteiger partial charge in [0.2, 0.25) is 5.91 Å². The van der Waals surface area contributed by atoms with Crippen molar-refractivity contribution in [1.82, 2.24) is 14.9 Å². The largest absolute Gasteiger partial charge is 0.356 e. The normalized spacial score (nSPS) is 14.3. The monoisotopic (exact) mass is 357 g/mol. The van der Waals surface area contributed by atoms with Crippen LogP contribution in [-0.4, -0.2) is 22.0 Å².